The average Bonchev–Trinajstić information content (AvgIpc) is 2.35. The summed E-state index contributed by atoms with van der Waals surface area (Å²) in [5.74, 6) is 1.15. The molecular weight excluding hydrogens is 230 g/mol. The average molecular weight is 255 g/mol. The van der Waals surface area contributed by atoms with Crippen LogP contribution in [0.15, 0.2) is 21.9 Å². The fraction of sp³-hybridized carbons (Fsp3) is 0.833. The molecule has 1 heterocycles. The quantitative estimate of drug-likeness (QED) is 0.655. The van der Waals surface area contributed by atoms with Crippen LogP contribution in [-0.2, 0) is 4.74 Å². The van der Waals surface area contributed by atoms with Crippen molar-refractivity contribution < 1.29 is 4.74 Å². The molecule has 6 nitrogen and oxygen atoms in total. The van der Waals surface area contributed by atoms with Crippen LogP contribution in [0.5, 0.6) is 0 Å². The molecule has 0 saturated carbocycles. The molecule has 6 heteroatoms. The van der Waals surface area contributed by atoms with Crippen molar-refractivity contribution in [2.75, 3.05) is 13.7 Å². The Labute approximate surface area is 109 Å². The Kier molecular flexibility index (Phi) is 6.49. The number of ether oxygens (including phenoxy) is 1. The maximum absolute atomic E-state index is 5.69. The zero-order valence-electron chi connectivity index (χ0n) is 11.9. The van der Waals surface area contributed by atoms with E-state index >= 15 is 0 Å². The first kappa shape index (κ1) is 14.8. The number of unbranched alkanes of at least 4 members (excludes halogenated alkanes) is 2. The second-order valence-electron chi connectivity index (χ2n) is 4.77. The minimum Gasteiger partial charge on any atom is -0.475 e. The van der Waals surface area contributed by atoms with Crippen LogP contribution in [0.3, 0.4) is 0 Å². The molecule has 0 aromatic rings. The number of allylic oxidation sites excluding steroid dienone is 1. The fourth-order valence-electron chi connectivity index (χ4n) is 1.62. The molecule has 1 aliphatic rings. The van der Waals surface area contributed by atoms with Crippen molar-refractivity contribution in [3.05, 3.63) is 11.6 Å². The van der Waals surface area contributed by atoms with Crippen LogP contribution in [0.2, 0.25) is 0 Å². The van der Waals surface area contributed by atoms with E-state index in [2.05, 4.69) is 42.0 Å². The monoisotopic (exact) mass is 255 g/mol. The molecule has 1 rings (SSSR count). The summed E-state index contributed by atoms with van der Waals surface area (Å²) in [5.41, 5.74) is 7.00. The molecule has 18 heavy (non-hydrogen) atoms. The zero-order valence-corrected chi connectivity index (χ0v) is 11.9. The highest BCUT2D eigenvalue weighted by Crippen LogP contribution is 2.19. The minimum atomic E-state index is 0.536. The van der Waals surface area contributed by atoms with Gasteiger partial charge in [0.2, 0.25) is 0 Å². The molecule has 0 aromatic carbocycles. The van der Waals surface area contributed by atoms with Gasteiger partial charge in [0.15, 0.2) is 0 Å². The van der Waals surface area contributed by atoms with Crippen LogP contribution in [0.25, 0.3) is 0 Å². The van der Waals surface area contributed by atoms with E-state index < -0.39 is 0 Å². The first-order valence-electron chi connectivity index (χ1n) is 6.69. The lowest BCUT2D eigenvalue weighted by Crippen LogP contribution is -2.43. The standard InChI is InChI=1S/C12H25N5O/c1-5-6-7-8-18-12-11(9-10(2)3)15-17(13-4)16-14-12/h10,13,15H,5-9H2,1-4H3. The lowest BCUT2D eigenvalue weighted by molar-refractivity contribution is 0.0972. The van der Waals surface area contributed by atoms with Crippen LogP contribution >= 0.6 is 0 Å². The van der Waals surface area contributed by atoms with E-state index in [1.807, 2.05) is 0 Å². The summed E-state index contributed by atoms with van der Waals surface area (Å²) >= 11 is 0. The van der Waals surface area contributed by atoms with E-state index in [-0.39, 0.29) is 0 Å². The third-order valence-electron chi connectivity index (χ3n) is 2.53. The smallest absolute Gasteiger partial charge is 0.256 e. The van der Waals surface area contributed by atoms with Crippen molar-refractivity contribution in [1.82, 2.24) is 16.1 Å². The normalized spacial score (nSPS) is 15.3. The molecule has 0 unspecified atom stereocenters. The fourth-order valence-corrected chi connectivity index (χ4v) is 1.62. The Morgan fingerprint density at radius 3 is 2.78 bits per heavy atom. The molecule has 1 aliphatic heterocycles. The van der Waals surface area contributed by atoms with Gasteiger partial charge in [0, 0.05) is 7.05 Å². The van der Waals surface area contributed by atoms with Crippen molar-refractivity contribution in [3.63, 3.8) is 0 Å². The van der Waals surface area contributed by atoms with E-state index in [0.29, 0.717) is 18.4 Å². The Hall–Kier alpha value is -1.30. The zero-order chi connectivity index (χ0) is 13.4. The second-order valence-corrected chi connectivity index (χ2v) is 4.77. The minimum absolute atomic E-state index is 0.536. The predicted molar refractivity (Wildman–Crippen MR) is 70.8 cm³/mol. The van der Waals surface area contributed by atoms with Gasteiger partial charge in [-0.1, -0.05) is 38.7 Å². The largest absolute Gasteiger partial charge is 0.475 e. The van der Waals surface area contributed by atoms with Gasteiger partial charge in [-0.25, -0.2) is 0 Å². The number of hydrogen-bond donors (Lipinski definition) is 2. The van der Waals surface area contributed by atoms with E-state index in [0.717, 1.165) is 18.5 Å². The number of nitrogens with zero attached hydrogens (tertiary/aromatic N) is 3. The van der Waals surface area contributed by atoms with Crippen molar-refractivity contribution in [2.45, 2.75) is 46.5 Å². The Morgan fingerprint density at radius 1 is 1.39 bits per heavy atom. The van der Waals surface area contributed by atoms with Gasteiger partial charge in [0.05, 0.1) is 12.3 Å². The topological polar surface area (TPSA) is 61.2 Å². The van der Waals surface area contributed by atoms with Gasteiger partial charge in [-0.3, -0.25) is 5.43 Å². The van der Waals surface area contributed by atoms with Crippen molar-refractivity contribution in [3.8, 4) is 0 Å². The SMILES string of the molecule is CCCCCOC1=C(CC(C)C)NN(NC)N=N1. The molecule has 0 spiro atoms. The van der Waals surface area contributed by atoms with Gasteiger partial charge in [0.1, 0.15) is 0 Å². The predicted octanol–water partition coefficient (Wildman–Crippen LogP) is 2.73. The number of hydrazine groups is 2. The molecule has 2 N–H and O–H groups in total. The molecule has 0 amide bonds. The summed E-state index contributed by atoms with van der Waals surface area (Å²) in [7, 11) is 1.78. The highest BCUT2D eigenvalue weighted by molar-refractivity contribution is 5.06. The number of nitrogens with one attached hydrogen (secondary N) is 2. The van der Waals surface area contributed by atoms with Crippen LogP contribution in [0, 0.1) is 5.92 Å². The van der Waals surface area contributed by atoms with Gasteiger partial charge < -0.3 is 4.74 Å². The first-order valence-corrected chi connectivity index (χ1v) is 6.69. The van der Waals surface area contributed by atoms with E-state index in [1.165, 1.54) is 18.1 Å². The van der Waals surface area contributed by atoms with Crippen molar-refractivity contribution >= 4 is 0 Å². The highest BCUT2D eigenvalue weighted by Gasteiger charge is 2.17. The molecule has 0 saturated heterocycles. The van der Waals surface area contributed by atoms with E-state index in [4.69, 9.17) is 4.74 Å². The lowest BCUT2D eigenvalue weighted by Gasteiger charge is -2.25. The van der Waals surface area contributed by atoms with Crippen LogP contribution in [0.1, 0.15) is 46.5 Å². The highest BCUT2D eigenvalue weighted by atomic mass is 16.5. The first-order chi connectivity index (χ1) is 8.67. The van der Waals surface area contributed by atoms with E-state index in [1.54, 1.807) is 7.05 Å². The van der Waals surface area contributed by atoms with Gasteiger partial charge >= 0.3 is 0 Å². The second kappa shape index (κ2) is 7.92. The van der Waals surface area contributed by atoms with Crippen LogP contribution in [-0.4, -0.2) is 18.9 Å². The summed E-state index contributed by atoms with van der Waals surface area (Å²) in [4.78, 5) is 0. The Morgan fingerprint density at radius 2 is 2.17 bits per heavy atom. The number of hydrogen-bond acceptors (Lipinski definition) is 6. The molecule has 0 aliphatic carbocycles. The summed E-state index contributed by atoms with van der Waals surface area (Å²) < 4.78 is 5.69. The van der Waals surface area contributed by atoms with Gasteiger partial charge in [0.25, 0.3) is 5.88 Å². The van der Waals surface area contributed by atoms with Crippen molar-refractivity contribution in [1.29, 1.82) is 0 Å². The summed E-state index contributed by atoms with van der Waals surface area (Å²) in [6, 6.07) is 0. The van der Waals surface area contributed by atoms with Gasteiger partial charge in [-0.15, -0.1) is 5.23 Å². The third-order valence-corrected chi connectivity index (χ3v) is 2.53. The number of rotatable bonds is 8. The lowest BCUT2D eigenvalue weighted by atomic mass is 10.1. The van der Waals surface area contributed by atoms with E-state index in [9.17, 15) is 0 Å². The van der Waals surface area contributed by atoms with Gasteiger partial charge in [-0.2, -0.15) is 5.43 Å². The third kappa shape index (κ3) is 4.91. The Balaban J connectivity index is 2.56. The molecule has 0 bridgehead atoms. The summed E-state index contributed by atoms with van der Waals surface area (Å²) in [6.07, 6.45) is 4.31. The summed E-state index contributed by atoms with van der Waals surface area (Å²) in [6.45, 7) is 7.21. The molecular formula is C12H25N5O. The molecule has 0 fully saturated rings. The van der Waals surface area contributed by atoms with Crippen LogP contribution in [0.4, 0.5) is 0 Å². The summed E-state index contributed by atoms with van der Waals surface area (Å²) in [5, 5.41) is 9.52. The van der Waals surface area contributed by atoms with Crippen LogP contribution < -0.4 is 10.9 Å². The van der Waals surface area contributed by atoms with Gasteiger partial charge in [-0.05, 0) is 24.0 Å². The Bertz CT molecular complexity index is 301. The molecule has 0 atom stereocenters. The maximum atomic E-state index is 5.69. The molecule has 0 radical (unpaired) electrons. The molecule has 104 valence electrons. The van der Waals surface area contributed by atoms with Crippen molar-refractivity contribution in [2.24, 2.45) is 16.3 Å². The molecule has 0 aromatic heterocycles. The maximum Gasteiger partial charge on any atom is 0.256 e.